The molecule has 0 aliphatic heterocycles. The lowest BCUT2D eigenvalue weighted by atomic mass is 10.2. The Morgan fingerprint density at radius 2 is 1.71 bits per heavy atom. The normalized spacial score (nSPS) is 11.9. The number of amides is 1. The molecule has 4 nitrogen and oxygen atoms in total. The molecule has 1 N–H and O–H groups in total. The van der Waals surface area contributed by atoms with Gasteiger partial charge in [0, 0.05) is 5.56 Å². The number of hydrogen-bond donors (Lipinski definition) is 1. The molecule has 2 aromatic rings. The molecule has 0 aliphatic rings. The Morgan fingerprint density at radius 1 is 1.04 bits per heavy atom. The number of carbonyl (C=O) groups is 1. The molecule has 0 heterocycles. The highest BCUT2D eigenvalue weighted by molar-refractivity contribution is 5.94. The smallest absolute Gasteiger partial charge is 0.251 e. The molecule has 0 fully saturated rings. The van der Waals surface area contributed by atoms with Gasteiger partial charge in [0.15, 0.2) is 0 Å². The first-order valence-electron chi connectivity index (χ1n) is 8.21. The number of benzene rings is 2. The lowest BCUT2D eigenvalue weighted by molar-refractivity contribution is 0.0926. The van der Waals surface area contributed by atoms with Crippen LogP contribution < -0.4 is 14.8 Å². The van der Waals surface area contributed by atoms with Crippen LogP contribution in [0.3, 0.4) is 0 Å². The molecule has 1 atom stereocenters. The Kier molecular flexibility index (Phi) is 6.24. The van der Waals surface area contributed by atoms with Crippen molar-refractivity contribution in [3.63, 3.8) is 0 Å². The number of nitrogens with one attached hydrogen (secondary N) is 1. The monoisotopic (exact) mass is 327 g/mol. The molecular weight excluding hydrogens is 302 g/mol. The van der Waals surface area contributed by atoms with E-state index in [9.17, 15) is 4.79 Å². The fraction of sp³-hybridized carbons (Fsp3) is 0.350. The molecule has 24 heavy (non-hydrogen) atoms. The SMILES string of the molecule is Cc1ccccc1OC[C@H](C)NC(=O)c1ccc(OC(C)C)cc1. The maximum atomic E-state index is 12.3. The van der Waals surface area contributed by atoms with Gasteiger partial charge in [-0.15, -0.1) is 0 Å². The van der Waals surface area contributed by atoms with Crippen LogP contribution in [0.25, 0.3) is 0 Å². The number of rotatable bonds is 7. The molecule has 0 radical (unpaired) electrons. The predicted octanol–water partition coefficient (Wildman–Crippen LogP) is 3.98. The molecule has 2 rings (SSSR count). The van der Waals surface area contributed by atoms with E-state index < -0.39 is 0 Å². The zero-order chi connectivity index (χ0) is 17.5. The summed E-state index contributed by atoms with van der Waals surface area (Å²) in [5.74, 6) is 1.48. The van der Waals surface area contributed by atoms with Crippen molar-refractivity contribution in [2.75, 3.05) is 6.61 Å². The first-order chi connectivity index (χ1) is 11.5. The predicted molar refractivity (Wildman–Crippen MR) is 95.8 cm³/mol. The Hall–Kier alpha value is -2.49. The molecule has 1 amide bonds. The highest BCUT2D eigenvalue weighted by Gasteiger charge is 2.11. The van der Waals surface area contributed by atoms with Crippen molar-refractivity contribution in [1.29, 1.82) is 0 Å². The molecular formula is C20H25NO3. The van der Waals surface area contributed by atoms with Crippen LogP contribution in [0.5, 0.6) is 11.5 Å². The van der Waals surface area contributed by atoms with Crippen molar-refractivity contribution in [3.8, 4) is 11.5 Å². The second-order valence-corrected chi connectivity index (χ2v) is 6.14. The summed E-state index contributed by atoms with van der Waals surface area (Å²) in [7, 11) is 0. The fourth-order valence-electron chi connectivity index (χ4n) is 2.24. The van der Waals surface area contributed by atoms with Crippen molar-refractivity contribution in [2.45, 2.75) is 39.8 Å². The van der Waals surface area contributed by atoms with Crippen LogP contribution in [-0.4, -0.2) is 24.7 Å². The van der Waals surface area contributed by atoms with E-state index in [4.69, 9.17) is 9.47 Å². The van der Waals surface area contributed by atoms with Crippen molar-refractivity contribution >= 4 is 5.91 Å². The number of hydrogen-bond acceptors (Lipinski definition) is 3. The van der Waals surface area contributed by atoms with Crippen LogP contribution in [0.15, 0.2) is 48.5 Å². The van der Waals surface area contributed by atoms with Gasteiger partial charge in [-0.25, -0.2) is 0 Å². The maximum Gasteiger partial charge on any atom is 0.251 e. The lowest BCUT2D eigenvalue weighted by Gasteiger charge is -2.16. The van der Waals surface area contributed by atoms with Crippen molar-refractivity contribution in [2.24, 2.45) is 0 Å². The third kappa shape index (κ3) is 5.30. The minimum absolute atomic E-state index is 0.0938. The van der Waals surface area contributed by atoms with Crippen LogP contribution in [0.1, 0.15) is 36.7 Å². The van der Waals surface area contributed by atoms with Gasteiger partial charge in [-0.1, -0.05) is 18.2 Å². The van der Waals surface area contributed by atoms with E-state index >= 15 is 0 Å². The molecule has 0 bridgehead atoms. The second kappa shape index (κ2) is 8.39. The van der Waals surface area contributed by atoms with E-state index in [0.29, 0.717) is 12.2 Å². The van der Waals surface area contributed by atoms with Crippen molar-refractivity contribution in [1.82, 2.24) is 5.32 Å². The summed E-state index contributed by atoms with van der Waals surface area (Å²) in [5, 5.41) is 2.94. The molecule has 2 aromatic carbocycles. The number of aryl methyl sites for hydroxylation is 1. The van der Waals surface area contributed by atoms with Gasteiger partial charge in [0.25, 0.3) is 5.91 Å². The van der Waals surface area contributed by atoms with Gasteiger partial charge < -0.3 is 14.8 Å². The third-order valence-corrected chi connectivity index (χ3v) is 3.45. The standard InChI is InChI=1S/C20H25NO3/c1-14(2)24-18-11-9-17(10-12-18)20(22)21-16(4)13-23-19-8-6-5-7-15(19)3/h5-12,14,16H,13H2,1-4H3,(H,21,22)/t16-/m0/s1. The largest absolute Gasteiger partial charge is 0.491 e. The van der Waals surface area contributed by atoms with E-state index in [1.807, 2.05) is 64.1 Å². The van der Waals surface area contributed by atoms with Crippen LogP contribution in [0.2, 0.25) is 0 Å². The van der Waals surface area contributed by atoms with Gasteiger partial charge in [0.2, 0.25) is 0 Å². The van der Waals surface area contributed by atoms with Gasteiger partial charge in [-0.05, 0) is 63.6 Å². The van der Waals surface area contributed by atoms with E-state index in [2.05, 4.69) is 5.32 Å². The average molecular weight is 327 g/mol. The number of carbonyl (C=O) groups excluding carboxylic acids is 1. The minimum atomic E-state index is -0.119. The zero-order valence-corrected chi connectivity index (χ0v) is 14.7. The average Bonchev–Trinajstić information content (AvgIpc) is 2.54. The van der Waals surface area contributed by atoms with E-state index in [1.54, 1.807) is 12.1 Å². The summed E-state index contributed by atoms with van der Waals surface area (Å²) in [5.41, 5.74) is 1.69. The van der Waals surface area contributed by atoms with E-state index in [0.717, 1.165) is 17.1 Å². The summed E-state index contributed by atoms with van der Waals surface area (Å²) in [6.45, 7) is 8.28. The summed E-state index contributed by atoms with van der Waals surface area (Å²) in [6.07, 6.45) is 0.114. The topological polar surface area (TPSA) is 47.6 Å². The first-order valence-corrected chi connectivity index (χ1v) is 8.21. The third-order valence-electron chi connectivity index (χ3n) is 3.45. The Bertz CT molecular complexity index is 665. The minimum Gasteiger partial charge on any atom is -0.491 e. The molecule has 0 spiro atoms. The van der Waals surface area contributed by atoms with Gasteiger partial charge in [0.05, 0.1) is 12.1 Å². The fourth-order valence-corrected chi connectivity index (χ4v) is 2.24. The molecule has 0 aromatic heterocycles. The van der Waals surface area contributed by atoms with Crippen molar-refractivity contribution < 1.29 is 14.3 Å². The van der Waals surface area contributed by atoms with Crippen LogP contribution >= 0.6 is 0 Å². The van der Waals surface area contributed by atoms with Gasteiger partial charge in [0.1, 0.15) is 18.1 Å². The number of ether oxygens (including phenoxy) is 2. The van der Waals surface area contributed by atoms with Gasteiger partial charge in [-0.2, -0.15) is 0 Å². The highest BCUT2D eigenvalue weighted by atomic mass is 16.5. The Balaban J connectivity index is 1.86. The van der Waals surface area contributed by atoms with Crippen molar-refractivity contribution in [3.05, 3.63) is 59.7 Å². The summed E-state index contributed by atoms with van der Waals surface area (Å²) < 4.78 is 11.3. The molecule has 0 saturated heterocycles. The van der Waals surface area contributed by atoms with E-state index in [-0.39, 0.29) is 18.1 Å². The first kappa shape index (κ1) is 17.9. The lowest BCUT2D eigenvalue weighted by Crippen LogP contribution is -2.36. The summed E-state index contributed by atoms with van der Waals surface area (Å²) in [6, 6.07) is 14.9. The van der Waals surface area contributed by atoms with Crippen LogP contribution in [0, 0.1) is 6.92 Å². The summed E-state index contributed by atoms with van der Waals surface area (Å²) >= 11 is 0. The summed E-state index contributed by atoms with van der Waals surface area (Å²) in [4.78, 5) is 12.3. The van der Waals surface area contributed by atoms with Crippen LogP contribution in [-0.2, 0) is 0 Å². The molecule has 0 aliphatic carbocycles. The highest BCUT2D eigenvalue weighted by Crippen LogP contribution is 2.16. The number of para-hydroxylation sites is 1. The molecule has 128 valence electrons. The Labute approximate surface area is 143 Å². The van der Waals surface area contributed by atoms with Gasteiger partial charge >= 0.3 is 0 Å². The zero-order valence-electron chi connectivity index (χ0n) is 14.7. The van der Waals surface area contributed by atoms with Crippen LogP contribution in [0.4, 0.5) is 0 Å². The quantitative estimate of drug-likeness (QED) is 0.837. The molecule has 0 unspecified atom stereocenters. The molecule has 4 heteroatoms. The van der Waals surface area contributed by atoms with Gasteiger partial charge in [-0.3, -0.25) is 4.79 Å². The molecule has 0 saturated carbocycles. The van der Waals surface area contributed by atoms with E-state index in [1.165, 1.54) is 0 Å². The maximum absolute atomic E-state index is 12.3. The second-order valence-electron chi connectivity index (χ2n) is 6.14. The Morgan fingerprint density at radius 3 is 2.33 bits per heavy atom.